The molecule has 0 unspecified atom stereocenters. The molecule has 0 aromatic carbocycles. The van der Waals surface area contributed by atoms with Crippen LogP contribution in [0.1, 0.15) is 24.1 Å². The van der Waals surface area contributed by atoms with Gasteiger partial charge in [-0.05, 0) is 43.1 Å². The maximum Gasteiger partial charge on any atom is 0.0736 e. The van der Waals surface area contributed by atoms with Gasteiger partial charge >= 0.3 is 0 Å². The fourth-order valence-corrected chi connectivity index (χ4v) is 2.71. The summed E-state index contributed by atoms with van der Waals surface area (Å²) >= 11 is 0. The third kappa shape index (κ3) is 4.34. The summed E-state index contributed by atoms with van der Waals surface area (Å²) in [6.07, 6.45) is 8.15. The summed E-state index contributed by atoms with van der Waals surface area (Å²) in [5.74, 6) is 0. The van der Waals surface area contributed by atoms with Crippen molar-refractivity contribution < 1.29 is 4.74 Å². The lowest BCUT2D eigenvalue weighted by molar-refractivity contribution is -0.0124. The normalized spacial score (nSPS) is 19.5. The molecule has 1 saturated heterocycles. The van der Waals surface area contributed by atoms with Crippen LogP contribution in [0.2, 0.25) is 0 Å². The minimum absolute atomic E-state index is 0.308. The SMILES string of the molecule is c1ccc(CN2CCC[C@H](OCc3cccnc3)C2)nc1. The van der Waals surface area contributed by atoms with Crippen molar-refractivity contribution in [3.05, 3.63) is 60.2 Å². The number of ether oxygens (including phenoxy) is 1. The van der Waals surface area contributed by atoms with Gasteiger partial charge in [-0.15, -0.1) is 0 Å². The average Bonchev–Trinajstić information content (AvgIpc) is 2.55. The van der Waals surface area contributed by atoms with Gasteiger partial charge in [0.25, 0.3) is 0 Å². The predicted octanol–water partition coefficient (Wildman–Crippen LogP) is 2.66. The van der Waals surface area contributed by atoms with E-state index in [9.17, 15) is 0 Å². The van der Waals surface area contributed by atoms with E-state index in [4.69, 9.17) is 4.74 Å². The van der Waals surface area contributed by atoms with E-state index in [1.54, 1.807) is 6.20 Å². The number of nitrogens with zero attached hydrogens (tertiary/aromatic N) is 3. The highest BCUT2D eigenvalue weighted by atomic mass is 16.5. The summed E-state index contributed by atoms with van der Waals surface area (Å²) in [4.78, 5) is 11.0. The molecule has 4 heteroatoms. The quantitative estimate of drug-likeness (QED) is 0.845. The van der Waals surface area contributed by atoms with Crippen molar-refractivity contribution in [3.8, 4) is 0 Å². The molecule has 0 radical (unpaired) electrons. The summed E-state index contributed by atoms with van der Waals surface area (Å²) in [5, 5.41) is 0. The standard InChI is InChI=1S/C17H21N3O/c1-2-9-19-16(6-1)12-20-10-4-7-17(13-20)21-14-15-5-3-8-18-11-15/h1-3,5-6,8-9,11,17H,4,7,10,12-14H2/t17-/m0/s1. The number of aromatic nitrogens is 2. The Morgan fingerprint density at radius 1 is 1.19 bits per heavy atom. The molecule has 1 aliphatic rings. The van der Waals surface area contributed by atoms with Crippen molar-refractivity contribution in [3.63, 3.8) is 0 Å². The first-order chi connectivity index (χ1) is 10.4. The Labute approximate surface area is 125 Å². The lowest BCUT2D eigenvalue weighted by Gasteiger charge is -2.32. The van der Waals surface area contributed by atoms with Gasteiger partial charge in [0, 0.05) is 31.7 Å². The number of likely N-dealkylation sites (tertiary alicyclic amines) is 1. The molecule has 0 N–H and O–H groups in total. The Kier molecular flexibility index (Phi) is 4.92. The molecule has 21 heavy (non-hydrogen) atoms. The Morgan fingerprint density at radius 3 is 3.00 bits per heavy atom. The third-order valence-corrected chi connectivity index (χ3v) is 3.78. The van der Waals surface area contributed by atoms with Gasteiger partial charge in [-0.2, -0.15) is 0 Å². The monoisotopic (exact) mass is 283 g/mol. The van der Waals surface area contributed by atoms with Gasteiger partial charge in [0.1, 0.15) is 0 Å². The van der Waals surface area contributed by atoms with Crippen LogP contribution in [0.25, 0.3) is 0 Å². The first-order valence-electron chi connectivity index (χ1n) is 7.53. The van der Waals surface area contributed by atoms with Gasteiger partial charge in [0.2, 0.25) is 0 Å². The van der Waals surface area contributed by atoms with Gasteiger partial charge in [-0.3, -0.25) is 14.9 Å². The molecular formula is C17H21N3O. The maximum atomic E-state index is 6.03. The molecule has 0 saturated carbocycles. The Hall–Kier alpha value is -1.78. The minimum atomic E-state index is 0.308. The molecule has 1 atom stereocenters. The molecule has 110 valence electrons. The van der Waals surface area contributed by atoms with Crippen LogP contribution in [0.3, 0.4) is 0 Å². The summed E-state index contributed by atoms with van der Waals surface area (Å²) in [6, 6.07) is 10.1. The number of hydrogen-bond donors (Lipinski definition) is 0. The van der Waals surface area contributed by atoms with Crippen LogP contribution in [0.5, 0.6) is 0 Å². The molecule has 1 fully saturated rings. The molecule has 0 amide bonds. The van der Waals surface area contributed by atoms with Crippen LogP contribution >= 0.6 is 0 Å². The van der Waals surface area contributed by atoms with Gasteiger partial charge < -0.3 is 4.74 Å². The largest absolute Gasteiger partial charge is 0.372 e. The summed E-state index contributed by atoms with van der Waals surface area (Å²) in [6.45, 7) is 3.67. The van der Waals surface area contributed by atoms with E-state index < -0.39 is 0 Å². The number of piperidine rings is 1. The van der Waals surface area contributed by atoms with Crippen LogP contribution < -0.4 is 0 Å². The third-order valence-electron chi connectivity index (χ3n) is 3.78. The van der Waals surface area contributed by atoms with Crippen molar-refractivity contribution in [2.24, 2.45) is 0 Å². The Balaban J connectivity index is 1.49. The molecule has 1 aliphatic heterocycles. The van der Waals surface area contributed by atoms with E-state index in [0.29, 0.717) is 12.7 Å². The molecule has 2 aromatic heterocycles. The molecule has 0 spiro atoms. The number of pyridine rings is 2. The van der Waals surface area contributed by atoms with Crippen molar-refractivity contribution >= 4 is 0 Å². The molecule has 3 rings (SSSR count). The van der Waals surface area contributed by atoms with E-state index in [1.165, 1.54) is 6.42 Å². The number of hydrogen-bond acceptors (Lipinski definition) is 4. The second-order valence-corrected chi connectivity index (χ2v) is 5.49. The van der Waals surface area contributed by atoms with Gasteiger partial charge in [-0.25, -0.2) is 0 Å². The Morgan fingerprint density at radius 2 is 2.19 bits per heavy atom. The van der Waals surface area contributed by atoms with E-state index in [2.05, 4.69) is 27.0 Å². The van der Waals surface area contributed by atoms with Crippen LogP contribution in [-0.2, 0) is 17.9 Å². The van der Waals surface area contributed by atoms with Crippen LogP contribution in [0, 0.1) is 0 Å². The van der Waals surface area contributed by atoms with Crippen LogP contribution in [-0.4, -0.2) is 34.1 Å². The topological polar surface area (TPSA) is 38.2 Å². The zero-order chi connectivity index (χ0) is 14.3. The molecule has 0 bridgehead atoms. The van der Waals surface area contributed by atoms with Gasteiger partial charge in [0.15, 0.2) is 0 Å². The zero-order valence-corrected chi connectivity index (χ0v) is 12.2. The van der Waals surface area contributed by atoms with Crippen molar-refractivity contribution in [1.29, 1.82) is 0 Å². The summed E-state index contributed by atoms with van der Waals surface area (Å²) in [5.41, 5.74) is 2.27. The molecule has 3 heterocycles. The van der Waals surface area contributed by atoms with E-state index in [-0.39, 0.29) is 0 Å². The molecule has 0 aliphatic carbocycles. The maximum absolute atomic E-state index is 6.03. The molecule has 2 aromatic rings. The summed E-state index contributed by atoms with van der Waals surface area (Å²) < 4.78 is 6.03. The Bertz CT molecular complexity index is 532. The predicted molar refractivity (Wildman–Crippen MR) is 81.6 cm³/mol. The molecule has 4 nitrogen and oxygen atoms in total. The second kappa shape index (κ2) is 7.29. The fourth-order valence-electron chi connectivity index (χ4n) is 2.71. The highest BCUT2D eigenvalue weighted by Crippen LogP contribution is 2.16. The highest BCUT2D eigenvalue weighted by Gasteiger charge is 2.20. The lowest BCUT2D eigenvalue weighted by Crippen LogP contribution is -2.39. The van der Waals surface area contributed by atoms with Crippen molar-refractivity contribution in [2.45, 2.75) is 32.1 Å². The minimum Gasteiger partial charge on any atom is -0.372 e. The fraction of sp³-hybridized carbons (Fsp3) is 0.412. The first-order valence-corrected chi connectivity index (χ1v) is 7.53. The van der Waals surface area contributed by atoms with Crippen LogP contribution in [0.15, 0.2) is 48.9 Å². The first kappa shape index (κ1) is 14.2. The van der Waals surface area contributed by atoms with Crippen molar-refractivity contribution in [1.82, 2.24) is 14.9 Å². The average molecular weight is 283 g/mol. The summed E-state index contributed by atoms with van der Waals surface area (Å²) in [7, 11) is 0. The molecular weight excluding hydrogens is 262 g/mol. The van der Waals surface area contributed by atoms with E-state index in [1.807, 2.05) is 30.6 Å². The van der Waals surface area contributed by atoms with E-state index in [0.717, 1.165) is 37.3 Å². The van der Waals surface area contributed by atoms with Crippen LogP contribution in [0.4, 0.5) is 0 Å². The number of rotatable bonds is 5. The lowest BCUT2D eigenvalue weighted by atomic mass is 10.1. The highest BCUT2D eigenvalue weighted by molar-refractivity contribution is 5.07. The van der Waals surface area contributed by atoms with E-state index >= 15 is 0 Å². The van der Waals surface area contributed by atoms with Gasteiger partial charge in [-0.1, -0.05) is 12.1 Å². The van der Waals surface area contributed by atoms with Crippen molar-refractivity contribution in [2.75, 3.05) is 13.1 Å². The second-order valence-electron chi connectivity index (χ2n) is 5.49. The smallest absolute Gasteiger partial charge is 0.0736 e. The zero-order valence-electron chi connectivity index (χ0n) is 12.2. The van der Waals surface area contributed by atoms with Gasteiger partial charge in [0.05, 0.1) is 18.4 Å².